The summed E-state index contributed by atoms with van der Waals surface area (Å²) in [6, 6.07) is 0. The molecule has 0 aromatic carbocycles. The van der Waals surface area contributed by atoms with Gasteiger partial charge in [-0.25, -0.2) is 0 Å². The fraction of sp³-hybridized carbons (Fsp3) is 0.889. The molecule has 2 aliphatic rings. The van der Waals surface area contributed by atoms with Gasteiger partial charge >= 0.3 is 0 Å². The van der Waals surface area contributed by atoms with E-state index in [-0.39, 0.29) is 11.8 Å². The normalized spacial score (nSPS) is 20.3. The predicted molar refractivity (Wildman–Crippen MR) is 108 cm³/mol. The largest absolute Gasteiger partial charge is 0.343 e. The molecule has 0 radical (unpaired) electrons. The summed E-state index contributed by atoms with van der Waals surface area (Å²) in [5.41, 5.74) is 0. The minimum Gasteiger partial charge on any atom is -0.343 e. The molecular formula is C18H35N5O4S. The highest BCUT2D eigenvalue weighted by Gasteiger charge is 2.34. The fourth-order valence-corrected chi connectivity index (χ4v) is 5.21. The lowest BCUT2D eigenvalue weighted by molar-refractivity contribution is -0.133. The SMILES string of the molecule is CCN(CC)C(=O)CCCC(=O)N1CCN(S(=O)(=O)N2CCN(C)CC2)CC1. The maximum Gasteiger partial charge on any atom is 0.282 e. The summed E-state index contributed by atoms with van der Waals surface area (Å²) < 4.78 is 28.6. The fourth-order valence-electron chi connectivity index (χ4n) is 3.63. The Bertz CT molecular complexity index is 622. The Labute approximate surface area is 169 Å². The van der Waals surface area contributed by atoms with Gasteiger partial charge in [0.15, 0.2) is 0 Å². The lowest BCUT2D eigenvalue weighted by Gasteiger charge is -2.39. The van der Waals surface area contributed by atoms with Crippen molar-refractivity contribution < 1.29 is 18.0 Å². The number of hydrogen-bond acceptors (Lipinski definition) is 5. The Kier molecular flexibility index (Phi) is 8.66. The number of nitrogens with zero attached hydrogens (tertiary/aromatic N) is 5. The van der Waals surface area contributed by atoms with Crippen molar-refractivity contribution in [1.82, 2.24) is 23.3 Å². The maximum absolute atomic E-state index is 12.8. The van der Waals surface area contributed by atoms with Crippen molar-refractivity contribution in [2.75, 3.05) is 72.5 Å². The number of carbonyl (C=O) groups excluding carboxylic acids is 2. The Balaban J connectivity index is 1.75. The minimum atomic E-state index is -3.45. The molecule has 0 aliphatic carbocycles. The van der Waals surface area contributed by atoms with Gasteiger partial charge < -0.3 is 14.7 Å². The molecule has 2 saturated heterocycles. The van der Waals surface area contributed by atoms with E-state index in [1.807, 2.05) is 20.9 Å². The molecule has 0 unspecified atom stereocenters. The van der Waals surface area contributed by atoms with Gasteiger partial charge in [0.05, 0.1) is 0 Å². The van der Waals surface area contributed by atoms with Gasteiger partial charge in [-0.1, -0.05) is 0 Å². The number of rotatable bonds is 8. The lowest BCUT2D eigenvalue weighted by Crippen LogP contribution is -2.57. The summed E-state index contributed by atoms with van der Waals surface area (Å²) in [7, 11) is -1.46. The molecule has 0 aromatic rings. The van der Waals surface area contributed by atoms with Crippen molar-refractivity contribution >= 4 is 22.0 Å². The van der Waals surface area contributed by atoms with Crippen LogP contribution >= 0.6 is 0 Å². The van der Waals surface area contributed by atoms with Crippen molar-refractivity contribution in [3.8, 4) is 0 Å². The zero-order valence-electron chi connectivity index (χ0n) is 17.5. The third kappa shape index (κ3) is 5.88. The lowest BCUT2D eigenvalue weighted by atomic mass is 10.2. The number of carbonyl (C=O) groups is 2. The molecule has 0 N–H and O–H groups in total. The highest BCUT2D eigenvalue weighted by Crippen LogP contribution is 2.15. The van der Waals surface area contributed by atoms with E-state index < -0.39 is 10.2 Å². The second kappa shape index (κ2) is 10.5. The first-order valence-corrected chi connectivity index (χ1v) is 11.7. The summed E-state index contributed by atoms with van der Waals surface area (Å²) >= 11 is 0. The van der Waals surface area contributed by atoms with Gasteiger partial charge in [-0.05, 0) is 27.3 Å². The molecule has 2 fully saturated rings. The van der Waals surface area contributed by atoms with Crippen LogP contribution in [0.4, 0.5) is 0 Å². The Morgan fingerprint density at radius 1 is 0.821 bits per heavy atom. The van der Waals surface area contributed by atoms with Crippen LogP contribution in [0, 0.1) is 0 Å². The summed E-state index contributed by atoms with van der Waals surface area (Å²) in [5, 5.41) is 0. The smallest absolute Gasteiger partial charge is 0.282 e. The summed E-state index contributed by atoms with van der Waals surface area (Å²) in [4.78, 5) is 30.0. The Morgan fingerprint density at radius 3 is 1.82 bits per heavy atom. The third-order valence-corrected chi connectivity index (χ3v) is 7.64. The molecule has 9 nitrogen and oxygen atoms in total. The van der Waals surface area contributed by atoms with Crippen LogP contribution in [0.15, 0.2) is 0 Å². The zero-order chi connectivity index (χ0) is 20.7. The van der Waals surface area contributed by atoms with Gasteiger partial charge in [0, 0.05) is 78.3 Å². The van der Waals surface area contributed by atoms with E-state index in [0.717, 1.165) is 13.1 Å². The first-order chi connectivity index (χ1) is 13.3. The molecule has 2 amide bonds. The van der Waals surface area contributed by atoms with Gasteiger partial charge in [-0.2, -0.15) is 17.0 Å². The van der Waals surface area contributed by atoms with Crippen LogP contribution in [-0.4, -0.2) is 116 Å². The molecule has 0 atom stereocenters. The molecule has 0 bridgehead atoms. The number of amides is 2. The number of likely N-dealkylation sites (N-methyl/N-ethyl adjacent to an activating group) is 1. The van der Waals surface area contributed by atoms with Crippen LogP contribution in [0.1, 0.15) is 33.1 Å². The number of piperazine rings is 2. The molecule has 0 spiro atoms. The van der Waals surface area contributed by atoms with E-state index in [0.29, 0.717) is 71.6 Å². The Morgan fingerprint density at radius 2 is 1.32 bits per heavy atom. The molecule has 162 valence electrons. The number of hydrogen-bond donors (Lipinski definition) is 0. The molecule has 2 rings (SSSR count). The highest BCUT2D eigenvalue weighted by atomic mass is 32.2. The van der Waals surface area contributed by atoms with Gasteiger partial charge in [-0.15, -0.1) is 0 Å². The standard InChI is InChI=1S/C18H35N5O4S/c1-4-20(5-2)17(24)7-6-8-18(25)21-11-15-23(16-12-21)28(26,27)22-13-9-19(3)10-14-22/h4-16H2,1-3H3. The predicted octanol–water partition coefficient (Wildman–Crippen LogP) is -0.338. The molecule has 28 heavy (non-hydrogen) atoms. The first kappa shape index (κ1) is 23.1. The third-order valence-electron chi connectivity index (χ3n) is 5.60. The average Bonchev–Trinajstić information content (AvgIpc) is 2.69. The van der Waals surface area contributed by atoms with E-state index in [1.54, 1.807) is 14.1 Å². The second-order valence-corrected chi connectivity index (χ2v) is 9.34. The monoisotopic (exact) mass is 417 g/mol. The van der Waals surface area contributed by atoms with Crippen molar-refractivity contribution in [1.29, 1.82) is 0 Å². The van der Waals surface area contributed by atoms with Crippen molar-refractivity contribution in [2.45, 2.75) is 33.1 Å². The summed E-state index contributed by atoms with van der Waals surface area (Å²) in [6.45, 7) is 9.26. The quantitative estimate of drug-likeness (QED) is 0.540. The van der Waals surface area contributed by atoms with Crippen LogP contribution in [0.3, 0.4) is 0 Å². The van der Waals surface area contributed by atoms with Crippen molar-refractivity contribution in [3.63, 3.8) is 0 Å². The van der Waals surface area contributed by atoms with Gasteiger partial charge in [0.2, 0.25) is 11.8 Å². The minimum absolute atomic E-state index is 0.00370. The van der Waals surface area contributed by atoms with E-state index in [1.165, 1.54) is 4.31 Å². The van der Waals surface area contributed by atoms with E-state index in [4.69, 9.17) is 0 Å². The van der Waals surface area contributed by atoms with E-state index >= 15 is 0 Å². The highest BCUT2D eigenvalue weighted by molar-refractivity contribution is 7.86. The van der Waals surface area contributed by atoms with Gasteiger partial charge in [0.1, 0.15) is 0 Å². The van der Waals surface area contributed by atoms with Gasteiger partial charge in [0.25, 0.3) is 10.2 Å². The van der Waals surface area contributed by atoms with Crippen LogP contribution in [0.5, 0.6) is 0 Å². The summed E-state index contributed by atoms with van der Waals surface area (Å²) in [6.07, 6.45) is 1.25. The molecule has 0 aromatic heterocycles. The molecule has 2 heterocycles. The molecule has 0 saturated carbocycles. The first-order valence-electron chi connectivity index (χ1n) is 10.3. The maximum atomic E-state index is 12.8. The van der Waals surface area contributed by atoms with E-state index in [2.05, 4.69) is 4.90 Å². The average molecular weight is 418 g/mol. The van der Waals surface area contributed by atoms with Crippen LogP contribution in [-0.2, 0) is 19.8 Å². The zero-order valence-corrected chi connectivity index (χ0v) is 18.3. The van der Waals surface area contributed by atoms with Crippen molar-refractivity contribution in [3.05, 3.63) is 0 Å². The topological polar surface area (TPSA) is 84.5 Å². The van der Waals surface area contributed by atoms with E-state index in [9.17, 15) is 18.0 Å². The van der Waals surface area contributed by atoms with Crippen LogP contribution in [0.2, 0.25) is 0 Å². The van der Waals surface area contributed by atoms with Crippen LogP contribution in [0.25, 0.3) is 0 Å². The summed E-state index contributed by atoms with van der Waals surface area (Å²) in [5.74, 6) is 0.0879. The molecule has 10 heteroatoms. The second-order valence-electron chi connectivity index (χ2n) is 7.41. The van der Waals surface area contributed by atoms with Crippen LogP contribution < -0.4 is 0 Å². The molecular weight excluding hydrogens is 382 g/mol. The van der Waals surface area contributed by atoms with Gasteiger partial charge in [-0.3, -0.25) is 9.59 Å². The molecule has 2 aliphatic heterocycles. The van der Waals surface area contributed by atoms with Crippen molar-refractivity contribution in [2.24, 2.45) is 0 Å². The Hall–Kier alpha value is -1.23.